The van der Waals surface area contributed by atoms with Crippen LogP contribution in [0.25, 0.3) is 0 Å². The molecule has 1 aromatic heterocycles. The first kappa shape index (κ1) is 13.3. The van der Waals surface area contributed by atoms with Crippen LogP contribution in [-0.4, -0.2) is 23.9 Å². The Balaban J connectivity index is 2.10. The molecule has 0 spiro atoms. The lowest BCUT2D eigenvalue weighted by atomic mass is 9.95. The van der Waals surface area contributed by atoms with Crippen molar-refractivity contribution in [2.24, 2.45) is 5.92 Å². The van der Waals surface area contributed by atoms with Crippen molar-refractivity contribution in [3.63, 3.8) is 0 Å². The van der Waals surface area contributed by atoms with Crippen molar-refractivity contribution in [3.05, 3.63) is 17.8 Å². The maximum absolute atomic E-state index is 5.06. The van der Waals surface area contributed by atoms with E-state index in [1.165, 1.54) is 25.7 Å². The van der Waals surface area contributed by atoms with E-state index in [4.69, 9.17) is 4.74 Å². The number of hydrogen-bond donors (Lipinski definition) is 1. The lowest BCUT2D eigenvalue weighted by molar-refractivity contribution is 0.352. The minimum atomic E-state index is 0.353. The molecule has 0 saturated heterocycles. The first-order valence-electron chi connectivity index (χ1n) is 6.96. The fourth-order valence-electron chi connectivity index (χ4n) is 2.71. The molecule has 4 nitrogen and oxygen atoms in total. The fourth-order valence-corrected chi connectivity index (χ4v) is 2.71. The van der Waals surface area contributed by atoms with Crippen LogP contribution in [0.15, 0.2) is 12.1 Å². The van der Waals surface area contributed by atoms with Gasteiger partial charge in [0.15, 0.2) is 0 Å². The van der Waals surface area contributed by atoms with E-state index >= 15 is 0 Å². The van der Waals surface area contributed by atoms with Gasteiger partial charge in [0.1, 0.15) is 0 Å². The smallest absolute Gasteiger partial charge is 0.233 e. The molecule has 1 aliphatic rings. The number of rotatable bonds is 6. The monoisotopic (exact) mass is 249 g/mol. The maximum Gasteiger partial charge on any atom is 0.233 e. The SMILES string of the molecule is CCCNC(c1ccc(OC)nn1)C1CCCC1. The van der Waals surface area contributed by atoms with E-state index in [1.807, 2.05) is 12.1 Å². The Morgan fingerprint density at radius 3 is 2.67 bits per heavy atom. The molecule has 1 unspecified atom stereocenters. The average Bonchev–Trinajstić information content (AvgIpc) is 2.94. The summed E-state index contributed by atoms with van der Waals surface area (Å²) >= 11 is 0. The Hall–Kier alpha value is -1.16. The molecule has 4 heteroatoms. The van der Waals surface area contributed by atoms with Crippen molar-refractivity contribution in [2.75, 3.05) is 13.7 Å². The van der Waals surface area contributed by atoms with Crippen LogP contribution in [0.2, 0.25) is 0 Å². The maximum atomic E-state index is 5.06. The normalized spacial score (nSPS) is 17.9. The Morgan fingerprint density at radius 2 is 2.11 bits per heavy atom. The molecule has 1 aliphatic carbocycles. The predicted molar refractivity (Wildman–Crippen MR) is 71.6 cm³/mol. The number of aromatic nitrogens is 2. The van der Waals surface area contributed by atoms with Gasteiger partial charge in [0.25, 0.3) is 0 Å². The second kappa shape index (κ2) is 6.69. The lowest BCUT2D eigenvalue weighted by Crippen LogP contribution is -2.28. The van der Waals surface area contributed by atoms with Crippen LogP contribution in [0.4, 0.5) is 0 Å². The summed E-state index contributed by atoms with van der Waals surface area (Å²) in [5.74, 6) is 1.29. The van der Waals surface area contributed by atoms with Crippen molar-refractivity contribution in [1.82, 2.24) is 15.5 Å². The van der Waals surface area contributed by atoms with Crippen molar-refractivity contribution < 1.29 is 4.74 Å². The third-order valence-corrected chi connectivity index (χ3v) is 3.67. The van der Waals surface area contributed by atoms with Crippen LogP contribution >= 0.6 is 0 Å². The van der Waals surface area contributed by atoms with Gasteiger partial charge in [0, 0.05) is 6.07 Å². The Kier molecular flexibility index (Phi) is 4.93. The van der Waals surface area contributed by atoms with Crippen LogP contribution in [0.3, 0.4) is 0 Å². The van der Waals surface area contributed by atoms with E-state index in [2.05, 4.69) is 22.4 Å². The molecule has 0 amide bonds. The molecule has 2 rings (SSSR count). The van der Waals surface area contributed by atoms with Crippen LogP contribution in [-0.2, 0) is 0 Å². The summed E-state index contributed by atoms with van der Waals surface area (Å²) in [6.07, 6.45) is 6.44. The van der Waals surface area contributed by atoms with Gasteiger partial charge in [-0.2, -0.15) is 5.10 Å². The first-order chi connectivity index (χ1) is 8.85. The molecular weight excluding hydrogens is 226 g/mol. The molecule has 0 bridgehead atoms. The first-order valence-corrected chi connectivity index (χ1v) is 6.96. The van der Waals surface area contributed by atoms with Crippen molar-refractivity contribution in [2.45, 2.75) is 45.1 Å². The predicted octanol–water partition coefficient (Wildman–Crippen LogP) is 2.72. The van der Waals surface area contributed by atoms with Crippen molar-refractivity contribution in [3.8, 4) is 5.88 Å². The molecule has 0 aromatic carbocycles. The molecule has 1 heterocycles. The molecule has 1 atom stereocenters. The molecule has 0 radical (unpaired) electrons. The molecule has 18 heavy (non-hydrogen) atoms. The number of nitrogens with one attached hydrogen (secondary N) is 1. The summed E-state index contributed by atoms with van der Waals surface area (Å²) in [6.45, 7) is 3.23. The summed E-state index contributed by atoms with van der Waals surface area (Å²) in [4.78, 5) is 0. The van der Waals surface area contributed by atoms with Crippen LogP contribution in [0, 0.1) is 5.92 Å². The van der Waals surface area contributed by atoms with Gasteiger partial charge in [-0.1, -0.05) is 19.8 Å². The standard InChI is InChI=1S/C14H23N3O/c1-3-10-15-14(11-6-4-5-7-11)12-8-9-13(18-2)17-16-12/h8-9,11,14-15H,3-7,10H2,1-2H3. The van der Waals surface area contributed by atoms with Gasteiger partial charge in [-0.05, 0) is 37.8 Å². The van der Waals surface area contributed by atoms with E-state index < -0.39 is 0 Å². The molecule has 0 aliphatic heterocycles. The second-order valence-corrected chi connectivity index (χ2v) is 4.98. The fraction of sp³-hybridized carbons (Fsp3) is 0.714. The van der Waals surface area contributed by atoms with Crippen LogP contribution in [0.5, 0.6) is 5.88 Å². The van der Waals surface area contributed by atoms with E-state index in [0.717, 1.165) is 18.7 Å². The number of methoxy groups -OCH3 is 1. The third-order valence-electron chi connectivity index (χ3n) is 3.67. The molecule has 1 aromatic rings. The van der Waals surface area contributed by atoms with Crippen LogP contribution < -0.4 is 10.1 Å². The Labute approximate surface area is 109 Å². The highest BCUT2D eigenvalue weighted by Crippen LogP contribution is 2.35. The Bertz CT molecular complexity index is 347. The topological polar surface area (TPSA) is 47.0 Å². The molecule has 1 saturated carbocycles. The second-order valence-electron chi connectivity index (χ2n) is 4.98. The summed E-state index contributed by atoms with van der Waals surface area (Å²) in [6, 6.07) is 4.29. The molecule has 100 valence electrons. The summed E-state index contributed by atoms with van der Waals surface area (Å²) in [7, 11) is 1.62. The highest BCUT2D eigenvalue weighted by Gasteiger charge is 2.27. The van der Waals surface area contributed by atoms with Gasteiger partial charge in [0.05, 0.1) is 18.8 Å². The zero-order valence-electron chi connectivity index (χ0n) is 11.4. The Morgan fingerprint density at radius 1 is 1.33 bits per heavy atom. The third kappa shape index (κ3) is 3.19. The molecule has 1 N–H and O–H groups in total. The summed E-state index contributed by atoms with van der Waals surface area (Å²) in [5, 5.41) is 12.0. The van der Waals surface area contributed by atoms with Gasteiger partial charge >= 0.3 is 0 Å². The number of hydrogen-bond acceptors (Lipinski definition) is 4. The summed E-state index contributed by atoms with van der Waals surface area (Å²) < 4.78 is 5.06. The van der Waals surface area contributed by atoms with Gasteiger partial charge in [-0.15, -0.1) is 5.10 Å². The highest BCUT2D eigenvalue weighted by molar-refractivity contribution is 5.15. The minimum Gasteiger partial charge on any atom is -0.480 e. The quantitative estimate of drug-likeness (QED) is 0.842. The van der Waals surface area contributed by atoms with Gasteiger partial charge in [-0.3, -0.25) is 0 Å². The summed E-state index contributed by atoms with van der Waals surface area (Å²) in [5.41, 5.74) is 1.05. The van der Waals surface area contributed by atoms with Gasteiger partial charge < -0.3 is 10.1 Å². The largest absolute Gasteiger partial charge is 0.480 e. The number of ether oxygens (including phenoxy) is 1. The van der Waals surface area contributed by atoms with E-state index in [9.17, 15) is 0 Å². The molecule has 1 fully saturated rings. The van der Waals surface area contributed by atoms with Crippen molar-refractivity contribution in [1.29, 1.82) is 0 Å². The van der Waals surface area contributed by atoms with E-state index in [0.29, 0.717) is 17.8 Å². The average molecular weight is 249 g/mol. The van der Waals surface area contributed by atoms with Crippen LogP contribution in [0.1, 0.15) is 50.8 Å². The zero-order valence-corrected chi connectivity index (χ0v) is 11.4. The van der Waals surface area contributed by atoms with Gasteiger partial charge in [0.2, 0.25) is 5.88 Å². The molecular formula is C14H23N3O. The lowest BCUT2D eigenvalue weighted by Gasteiger charge is -2.23. The van der Waals surface area contributed by atoms with Crippen molar-refractivity contribution >= 4 is 0 Å². The highest BCUT2D eigenvalue weighted by atomic mass is 16.5. The number of nitrogens with zero attached hydrogens (tertiary/aromatic N) is 2. The minimum absolute atomic E-state index is 0.353. The van der Waals surface area contributed by atoms with E-state index in [-0.39, 0.29) is 0 Å². The zero-order chi connectivity index (χ0) is 12.8. The van der Waals surface area contributed by atoms with Gasteiger partial charge in [-0.25, -0.2) is 0 Å². The van der Waals surface area contributed by atoms with E-state index in [1.54, 1.807) is 7.11 Å².